The fourth-order valence-corrected chi connectivity index (χ4v) is 3.87. The van der Waals surface area contributed by atoms with Crippen molar-refractivity contribution in [2.45, 2.75) is 0 Å². The molecule has 5 heteroatoms. The van der Waals surface area contributed by atoms with Crippen LogP contribution < -0.4 is 0 Å². The average Bonchev–Trinajstić information content (AvgIpc) is 3.53. The zero-order valence-corrected chi connectivity index (χ0v) is 17.9. The van der Waals surface area contributed by atoms with Crippen LogP contribution >= 0.6 is 0 Å². The Balaban J connectivity index is 0.00000204. The third kappa shape index (κ3) is 3.97. The van der Waals surface area contributed by atoms with Gasteiger partial charge in [0.1, 0.15) is 0 Å². The van der Waals surface area contributed by atoms with E-state index in [1.807, 2.05) is 36.4 Å². The zero-order chi connectivity index (χ0) is 19.9. The summed E-state index contributed by atoms with van der Waals surface area (Å²) >= 11 is 0. The zero-order valence-electron chi connectivity index (χ0n) is 16.4. The van der Waals surface area contributed by atoms with Gasteiger partial charge in [0.25, 0.3) is 0 Å². The molecule has 2 aliphatic rings. The summed E-state index contributed by atoms with van der Waals surface area (Å²) in [6.45, 7) is 0. The van der Waals surface area contributed by atoms with E-state index >= 15 is 0 Å². The maximum atomic E-state index is 4.77. The third-order valence-corrected chi connectivity index (χ3v) is 5.25. The van der Waals surface area contributed by atoms with Gasteiger partial charge in [0.2, 0.25) is 0 Å². The van der Waals surface area contributed by atoms with Gasteiger partial charge in [0, 0.05) is 50.0 Å². The molecule has 6 rings (SSSR count). The summed E-state index contributed by atoms with van der Waals surface area (Å²) in [5.74, 6) is 0. The Hall–Kier alpha value is -3.44. The van der Waals surface area contributed by atoms with E-state index in [1.165, 1.54) is 5.56 Å². The molecular weight excluding hydrogens is 476 g/mol. The first kappa shape index (κ1) is 19.5. The van der Waals surface area contributed by atoms with Crippen molar-refractivity contribution in [1.29, 1.82) is 0 Å². The standard InChI is InChI=1S/C26H18N4.Ag/c1-2-4-17(5-3-1)25-15-24-14-22-9-8-20(28-22)12-18-6-7-19(27-18)13-21-10-11-23(29-21)16-26(25)30-24;/h1-16,27,30H;. The van der Waals surface area contributed by atoms with Gasteiger partial charge >= 0.3 is 0 Å². The molecule has 4 aromatic rings. The largest absolute Gasteiger partial charge is 0.355 e. The van der Waals surface area contributed by atoms with Crippen LogP contribution in [0.3, 0.4) is 0 Å². The molecule has 0 saturated carbocycles. The van der Waals surface area contributed by atoms with E-state index in [1.54, 1.807) is 0 Å². The summed E-state index contributed by atoms with van der Waals surface area (Å²) in [4.78, 5) is 16.5. The first-order chi connectivity index (χ1) is 14.8. The summed E-state index contributed by atoms with van der Waals surface area (Å²) in [7, 11) is 0. The predicted octanol–water partition coefficient (Wildman–Crippen LogP) is 6.32. The third-order valence-electron chi connectivity index (χ3n) is 5.25. The number of aromatic amines is 2. The molecule has 1 radical (unpaired) electrons. The molecule has 5 heterocycles. The van der Waals surface area contributed by atoms with Crippen molar-refractivity contribution >= 4 is 46.4 Å². The second-order valence-corrected chi connectivity index (χ2v) is 7.45. The molecule has 31 heavy (non-hydrogen) atoms. The number of aromatic nitrogens is 4. The predicted molar refractivity (Wildman–Crippen MR) is 124 cm³/mol. The average molecular weight is 494 g/mol. The molecule has 0 saturated heterocycles. The number of nitrogens with zero attached hydrogens (tertiary/aromatic N) is 2. The summed E-state index contributed by atoms with van der Waals surface area (Å²) in [6, 6.07) is 25.0. The summed E-state index contributed by atoms with van der Waals surface area (Å²) in [6.07, 6.45) is 8.16. The van der Waals surface area contributed by atoms with E-state index in [0.717, 1.165) is 50.4 Å². The van der Waals surface area contributed by atoms with Crippen LogP contribution in [0.5, 0.6) is 0 Å². The van der Waals surface area contributed by atoms with Crippen LogP contribution in [0.25, 0.3) is 57.5 Å². The van der Waals surface area contributed by atoms with Crippen molar-refractivity contribution < 1.29 is 22.4 Å². The molecule has 1 aromatic carbocycles. The van der Waals surface area contributed by atoms with Gasteiger partial charge in [-0.05, 0) is 72.3 Å². The molecule has 2 N–H and O–H groups in total. The SMILES string of the molecule is C1=Cc2cc3cc(-c4ccccc4)c(cc4nc(cc5ccc(cc1n2)[nH]5)C=C4)[nH]3.[Ag]. The van der Waals surface area contributed by atoms with Crippen LogP contribution in [0.2, 0.25) is 0 Å². The van der Waals surface area contributed by atoms with E-state index < -0.39 is 0 Å². The van der Waals surface area contributed by atoms with Crippen molar-refractivity contribution in [2.75, 3.05) is 0 Å². The van der Waals surface area contributed by atoms with Gasteiger partial charge in [-0.25, -0.2) is 9.97 Å². The van der Waals surface area contributed by atoms with E-state index in [9.17, 15) is 0 Å². The quantitative estimate of drug-likeness (QED) is 0.263. The van der Waals surface area contributed by atoms with Gasteiger partial charge < -0.3 is 9.97 Å². The molecule has 0 fully saturated rings. The van der Waals surface area contributed by atoms with Crippen LogP contribution in [-0.2, 0) is 22.4 Å². The molecule has 4 nitrogen and oxygen atoms in total. The van der Waals surface area contributed by atoms with Crippen molar-refractivity contribution in [1.82, 2.24) is 19.9 Å². The molecule has 153 valence electrons. The fourth-order valence-electron chi connectivity index (χ4n) is 3.87. The van der Waals surface area contributed by atoms with E-state index in [2.05, 4.69) is 70.6 Å². The monoisotopic (exact) mass is 493 g/mol. The maximum absolute atomic E-state index is 4.77. The smallest absolute Gasteiger partial charge is 0.0658 e. The summed E-state index contributed by atoms with van der Waals surface area (Å²) in [5, 5.41) is 0. The number of nitrogens with one attached hydrogen (secondary N) is 2. The van der Waals surface area contributed by atoms with Crippen molar-refractivity contribution in [2.24, 2.45) is 0 Å². The van der Waals surface area contributed by atoms with E-state index in [0.29, 0.717) is 0 Å². The van der Waals surface area contributed by atoms with Crippen LogP contribution in [-0.4, -0.2) is 19.9 Å². The van der Waals surface area contributed by atoms with Crippen molar-refractivity contribution in [3.8, 4) is 11.1 Å². The number of fused-ring (bicyclic) bond motifs is 8. The molecule has 3 aromatic heterocycles. The number of hydrogen-bond donors (Lipinski definition) is 2. The van der Waals surface area contributed by atoms with Crippen LogP contribution in [0.1, 0.15) is 22.8 Å². The summed E-state index contributed by atoms with van der Waals surface area (Å²) < 4.78 is 0. The minimum atomic E-state index is 0. The Morgan fingerprint density at radius 2 is 1.06 bits per heavy atom. The Morgan fingerprint density at radius 1 is 0.516 bits per heavy atom. The molecule has 0 amide bonds. The normalized spacial score (nSPS) is 12.0. The minimum absolute atomic E-state index is 0. The first-order valence-corrected chi connectivity index (χ1v) is 9.92. The first-order valence-electron chi connectivity index (χ1n) is 9.92. The second kappa shape index (κ2) is 8.00. The Kier molecular flexibility index (Phi) is 5.04. The van der Waals surface area contributed by atoms with Gasteiger partial charge in [-0.1, -0.05) is 30.3 Å². The van der Waals surface area contributed by atoms with Gasteiger partial charge in [-0.2, -0.15) is 0 Å². The molecule has 0 spiro atoms. The molecule has 0 aliphatic carbocycles. The van der Waals surface area contributed by atoms with Crippen molar-refractivity contribution in [3.05, 3.63) is 95.6 Å². The van der Waals surface area contributed by atoms with E-state index in [4.69, 9.17) is 9.97 Å². The van der Waals surface area contributed by atoms with Crippen LogP contribution in [0, 0.1) is 0 Å². The number of H-pyrrole nitrogens is 2. The Labute approximate surface area is 194 Å². The Bertz CT molecular complexity index is 1490. The van der Waals surface area contributed by atoms with Gasteiger partial charge in [0.15, 0.2) is 0 Å². The molecular formula is C26H18AgN4. The molecule has 0 unspecified atom stereocenters. The molecule has 8 bridgehead atoms. The number of hydrogen-bond acceptors (Lipinski definition) is 2. The topological polar surface area (TPSA) is 57.4 Å². The second-order valence-electron chi connectivity index (χ2n) is 7.45. The summed E-state index contributed by atoms with van der Waals surface area (Å²) in [5.41, 5.74) is 10.1. The minimum Gasteiger partial charge on any atom is -0.355 e. The van der Waals surface area contributed by atoms with Crippen molar-refractivity contribution in [3.63, 3.8) is 0 Å². The number of benzene rings is 1. The van der Waals surface area contributed by atoms with Gasteiger partial charge in [-0.15, -0.1) is 0 Å². The fraction of sp³-hybridized carbons (Fsp3) is 0. The Morgan fingerprint density at radius 3 is 1.68 bits per heavy atom. The molecule has 2 aliphatic heterocycles. The van der Waals surface area contributed by atoms with Crippen LogP contribution in [0.15, 0.2) is 72.8 Å². The number of rotatable bonds is 1. The van der Waals surface area contributed by atoms with Crippen LogP contribution in [0.4, 0.5) is 0 Å². The molecule has 0 atom stereocenters. The van der Waals surface area contributed by atoms with Gasteiger partial charge in [0.05, 0.1) is 22.8 Å². The van der Waals surface area contributed by atoms with E-state index in [-0.39, 0.29) is 22.4 Å². The van der Waals surface area contributed by atoms with Gasteiger partial charge in [-0.3, -0.25) is 0 Å². The maximum Gasteiger partial charge on any atom is 0.0658 e.